The van der Waals surface area contributed by atoms with Crippen LogP contribution in [0.15, 0.2) is 0 Å². The normalized spacial score (nSPS) is 22.0. The number of hydrogen-bond donors (Lipinski definition) is 1. The Hall–Kier alpha value is -0.130. The molecule has 2 aliphatic rings. The SMILES string of the molecule is CCCS(=O)(=O)CCN(CC1CCNCC1)C1CC1. The van der Waals surface area contributed by atoms with E-state index in [1.54, 1.807) is 0 Å². The molecular formula is C14H28N2O2S. The summed E-state index contributed by atoms with van der Waals surface area (Å²) in [6, 6.07) is 0.673. The van der Waals surface area contributed by atoms with E-state index in [0.29, 0.717) is 17.5 Å². The highest BCUT2D eigenvalue weighted by molar-refractivity contribution is 7.91. The summed E-state index contributed by atoms with van der Waals surface area (Å²) in [5, 5.41) is 3.39. The van der Waals surface area contributed by atoms with Gasteiger partial charge in [0.2, 0.25) is 0 Å². The van der Waals surface area contributed by atoms with Gasteiger partial charge in [-0.2, -0.15) is 0 Å². The molecule has 0 unspecified atom stereocenters. The average Bonchev–Trinajstić information content (AvgIpc) is 3.20. The van der Waals surface area contributed by atoms with Crippen LogP contribution in [0.4, 0.5) is 0 Å². The zero-order valence-corrected chi connectivity index (χ0v) is 12.9. The Morgan fingerprint density at radius 3 is 2.37 bits per heavy atom. The van der Waals surface area contributed by atoms with Crippen molar-refractivity contribution in [2.24, 2.45) is 5.92 Å². The minimum Gasteiger partial charge on any atom is -0.317 e. The first-order valence-electron chi connectivity index (χ1n) is 7.76. The molecule has 2 fully saturated rings. The Kier molecular flexibility index (Phi) is 5.66. The second kappa shape index (κ2) is 7.04. The number of hydrogen-bond acceptors (Lipinski definition) is 4. The molecule has 0 spiro atoms. The van der Waals surface area contributed by atoms with Gasteiger partial charge >= 0.3 is 0 Å². The number of nitrogens with one attached hydrogen (secondary N) is 1. The minimum atomic E-state index is -2.83. The Morgan fingerprint density at radius 1 is 1.11 bits per heavy atom. The van der Waals surface area contributed by atoms with Crippen molar-refractivity contribution >= 4 is 9.84 Å². The minimum absolute atomic E-state index is 0.346. The number of rotatable bonds is 8. The van der Waals surface area contributed by atoms with Crippen molar-refractivity contribution in [3.8, 4) is 0 Å². The van der Waals surface area contributed by atoms with Crippen LogP contribution in [-0.4, -0.2) is 57.0 Å². The molecule has 0 amide bonds. The van der Waals surface area contributed by atoms with Gasteiger partial charge < -0.3 is 5.32 Å². The first kappa shape index (κ1) is 15.3. The van der Waals surface area contributed by atoms with E-state index in [9.17, 15) is 8.42 Å². The van der Waals surface area contributed by atoms with E-state index in [1.807, 2.05) is 6.92 Å². The molecule has 1 saturated carbocycles. The largest absolute Gasteiger partial charge is 0.317 e. The smallest absolute Gasteiger partial charge is 0.151 e. The molecular weight excluding hydrogens is 260 g/mol. The summed E-state index contributed by atoms with van der Waals surface area (Å²) in [6.45, 7) is 6.03. The molecule has 0 bridgehead atoms. The Morgan fingerprint density at radius 2 is 1.79 bits per heavy atom. The highest BCUT2D eigenvalue weighted by Gasteiger charge is 2.31. The van der Waals surface area contributed by atoms with Gasteiger partial charge in [-0.25, -0.2) is 8.42 Å². The van der Waals surface area contributed by atoms with E-state index >= 15 is 0 Å². The first-order valence-corrected chi connectivity index (χ1v) is 9.58. The predicted octanol–water partition coefficient (Wildman–Crippen LogP) is 1.28. The van der Waals surface area contributed by atoms with Crippen molar-refractivity contribution in [1.82, 2.24) is 10.2 Å². The number of piperidine rings is 1. The standard InChI is InChI=1S/C14H28N2O2S/c1-2-10-19(17,18)11-9-16(14-3-4-14)12-13-5-7-15-8-6-13/h13-15H,2-12H2,1H3. The maximum Gasteiger partial charge on any atom is 0.151 e. The van der Waals surface area contributed by atoms with Crippen molar-refractivity contribution in [1.29, 1.82) is 0 Å². The summed E-state index contributed by atoms with van der Waals surface area (Å²) in [5.74, 6) is 1.46. The molecule has 1 heterocycles. The molecule has 1 saturated heterocycles. The van der Waals surface area contributed by atoms with E-state index in [-0.39, 0.29) is 0 Å². The highest BCUT2D eigenvalue weighted by Crippen LogP contribution is 2.28. The van der Waals surface area contributed by atoms with Gasteiger partial charge in [0, 0.05) is 24.9 Å². The van der Waals surface area contributed by atoms with Crippen LogP contribution in [0, 0.1) is 5.92 Å². The molecule has 1 aliphatic carbocycles. The maximum atomic E-state index is 11.8. The van der Waals surface area contributed by atoms with E-state index in [2.05, 4.69) is 10.2 Å². The monoisotopic (exact) mass is 288 g/mol. The molecule has 0 aromatic carbocycles. The fourth-order valence-corrected chi connectivity index (χ4v) is 4.27. The zero-order chi connectivity index (χ0) is 13.7. The summed E-state index contributed by atoms with van der Waals surface area (Å²) >= 11 is 0. The van der Waals surface area contributed by atoms with Gasteiger partial charge in [0.05, 0.1) is 5.75 Å². The molecule has 2 rings (SSSR count). The Bertz CT molecular complexity index is 360. The van der Waals surface area contributed by atoms with Crippen LogP contribution in [0.5, 0.6) is 0 Å². The lowest BCUT2D eigenvalue weighted by Crippen LogP contribution is -2.39. The summed E-state index contributed by atoms with van der Waals surface area (Å²) in [5.41, 5.74) is 0. The lowest BCUT2D eigenvalue weighted by atomic mass is 9.97. The number of sulfone groups is 1. The molecule has 0 atom stereocenters. The topological polar surface area (TPSA) is 49.4 Å². The van der Waals surface area contributed by atoms with Crippen LogP contribution in [0.25, 0.3) is 0 Å². The van der Waals surface area contributed by atoms with Crippen molar-refractivity contribution in [2.45, 2.75) is 45.1 Å². The van der Waals surface area contributed by atoms with Crippen molar-refractivity contribution in [3.05, 3.63) is 0 Å². The van der Waals surface area contributed by atoms with Crippen molar-refractivity contribution < 1.29 is 8.42 Å². The molecule has 0 aromatic heterocycles. The molecule has 0 aromatic rings. The summed E-state index contributed by atoms with van der Waals surface area (Å²) in [7, 11) is -2.83. The van der Waals surface area contributed by atoms with Crippen LogP contribution in [0.2, 0.25) is 0 Å². The fourth-order valence-electron chi connectivity index (χ4n) is 2.93. The predicted molar refractivity (Wildman–Crippen MR) is 79.1 cm³/mol. The van der Waals surface area contributed by atoms with E-state index in [1.165, 1.54) is 25.7 Å². The molecule has 19 heavy (non-hydrogen) atoms. The van der Waals surface area contributed by atoms with Crippen LogP contribution >= 0.6 is 0 Å². The third-order valence-corrected chi connectivity index (χ3v) is 6.05. The van der Waals surface area contributed by atoms with Crippen LogP contribution in [-0.2, 0) is 9.84 Å². The molecule has 5 heteroatoms. The van der Waals surface area contributed by atoms with Crippen LogP contribution in [0.3, 0.4) is 0 Å². The zero-order valence-electron chi connectivity index (χ0n) is 12.1. The van der Waals surface area contributed by atoms with Gasteiger partial charge in [-0.3, -0.25) is 4.90 Å². The Labute approximate surface area is 117 Å². The van der Waals surface area contributed by atoms with Gasteiger partial charge in [0.15, 0.2) is 9.84 Å². The first-order chi connectivity index (χ1) is 9.11. The molecule has 112 valence electrons. The van der Waals surface area contributed by atoms with Gasteiger partial charge in [-0.05, 0) is 51.1 Å². The molecule has 4 nitrogen and oxygen atoms in total. The third kappa shape index (κ3) is 5.40. The van der Waals surface area contributed by atoms with Gasteiger partial charge in [0.25, 0.3) is 0 Å². The summed E-state index contributed by atoms with van der Waals surface area (Å²) in [6.07, 6.45) is 5.74. The average molecular weight is 288 g/mol. The summed E-state index contributed by atoms with van der Waals surface area (Å²) < 4.78 is 23.7. The molecule has 0 radical (unpaired) electrons. The maximum absolute atomic E-state index is 11.8. The summed E-state index contributed by atoms with van der Waals surface area (Å²) in [4.78, 5) is 2.45. The van der Waals surface area contributed by atoms with Crippen molar-refractivity contribution in [3.63, 3.8) is 0 Å². The van der Waals surface area contributed by atoms with Crippen LogP contribution in [0.1, 0.15) is 39.0 Å². The van der Waals surface area contributed by atoms with E-state index in [4.69, 9.17) is 0 Å². The fraction of sp³-hybridized carbons (Fsp3) is 1.00. The lowest BCUT2D eigenvalue weighted by molar-refractivity contribution is 0.206. The van der Waals surface area contributed by atoms with Gasteiger partial charge in [-0.1, -0.05) is 6.92 Å². The van der Waals surface area contributed by atoms with E-state index in [0.717, 1.165) is 38.5 Å². The van der Waals surface area contributed by atoms with Crippen LogP contribution < -0.4 is 5.32 Å². The van der Waals surface area contributed by atoms with E-state index < -0.39 is 9.84 Å². The second-order valence-corrected chi connectivity index (χ2v) is 8.37. The van der Waals surface area contributed by atoms with Crippen molar-refractivity contribution in [2.75, 3.05) is 37.7 Å². The second-order valence-electron chi connectivity index (χ2n) is 6.07. The quantitative estimate of drug-likeness (QED) is 0.731. The lowest BCUT2D eigenvalue weighted by Gasteiger charge is -2.30. The number of nitrogens with zero attached hydrogens (tertiary/aromatic N) is 1. The third-order valence-electron chi connectivity index (χ3n) is 4.22. The van der Waals surface area contributed by atoms with Gasteiger partial charge in [-0.15, -0.1) is 0 Å². The highest BCUT2D eigenvalue weighted by atomic mass is 32.2. The molecule has 1 aliphatic heterocycles. The molecule has 1 N–H and O–H groups in total. The Balaban J connectivity index is 1.79. The van der Waals surface area contributed by atoms with Gasteiger partial charge in [0.1, 0.15) is 0 Å².